The van der Waals surface area contributed by atoms with Crippen LogP contribution in [0.4, 0.5) is 0 Å². The van der Waals surface area contributed by atoms with Gasteiger partial charge in [-0.3, -0.25) is 4.79 Å². The minimum atomic E-state index is -0.505. The number of ether oxygens (including phenoxy) is 2. The lowest BCUT2D eigenvalue weighted by Crippen LogP contribution is -2.13. The van der Waals surface area contributed by atoms with E-state index in [1.165, 1.54) is 13.2 Å². The van der Waals surface area contributed by atoms with Gasteiger partial charge in [-0.25, -0.2) is 4.79 Å². The number of rotatable bonds is 6. The average Bonchev–Trinajstić information content (AvgIpc) is 2.82. The first-order chi connectivity index (χ1) is 16.1. The number of carbonyl (C=O) groups excluding carboxylic acids is 2. The lowest BCUT2D eigenvalue weighted by atomic mass is 9.87. The first-order valence-corrected chi connectivity index (χ1v) is 10.9. The van der Waals surface area contributed by atoms with E-state index < -0.39 is 5.97 Å². The van der Waals surface area contributed by atoms with Gasteiger partial charge in [0.05, 0.1) is 12.7 Å². The molecule has 0 aliphatic heterocycles. The summed E-state index contributed by atoms with van der Waals surface area (Å²) < 4.78 is 10.9. The van der Waals surface area contributed by atoms with Crippen molar-refractivity contribution >= 4 is 17.8 Å². The predicted molar refractivity (Wildman–Crippen MR) is 132 cm³/mol. The van der Waals surface area contributed by atoms with Crippen molar-refractivity contribution in [2.75, 3.05) is 7.11 Å². The van der Waals surface area contributed by atoms with E-state index >= 15 is 0 Å². The molecule has 0 radical (unpaired) electrons. The number of hydrogen-bond acceptors (Lipinski definition) is 5. The van der Waals surface area contributed by atoms with Crippen molar-refractivity contribution in [1.29, 1.82) is 5.26 Å². The fourth-order valence-electron chi connectivity index (χ4n) is 3.30. The molecule has 3 rings (SSSR count). The van der Waals surface area contributed by atoms with Gasteiger partial charge >= 0.3 is 5.97 Å². The second-order valence-corrected chi connectivity index (χ2v) is 8.99. The highest BCUT2D eigenvalue weighted by Crippen LogP contribution is 2.30. The summed E-state index contributed by atoms with van der Waals surface area (Å²) in [7, 11) is 1.46. The molecular weight excluding hydrogens is 426 g/mol. The Bertz CT molecular complexity index is 1270. The van der Waals surface area contributed by atoms with Gasteiger partial charge in [-0.2, -0.15) is 5.26 Å². The number of aryl methyl sites for hydroxylation is 1. The van der Waals surface area contributed by atoms with Crippen LogP contribution in [0.1, 0.15) is 58.2 Å². The Balaban J connectivity index is 1.82. The average molecular weight is 454 g/mol. The fraction of sp³-hybridized carbons (Fsp3) is 0.207. The summed E-state index contributed by atoms with van der Waals surface area (Å²) in [5.41, 5.74) is 3.56. The monoisotopic (exact) mass is 453 g/mol. The SMILES string of the molecule is COc1cc(C=C(C#N)C(=O)c2ccc(C)cc2)ccc1OC(=O)c1ccc(C(C)(C)C)cc1. The van der Waals surface area contributed by atoms with Gasteiger partial charge in [-0.15, -0.1) is 0 Å². The Labute approximate surface area is 200 Å². The Morgan fingerprint density at radius 1 is 0.882 bits per heavy atom. The number of carbonyl (C=O) groups is 2. The van der Waals surface area contributed by atoms with Crippen molar-refractivity contribution in [3.05, 3.63) is 100 Å². The summed E-state index contributed by atoms with van der Waals surface area (Å²) in [6, 6.07) is 21.2. The van der Waals surface area contributed by atoms with Crippen LogP contribution < -0.4 is 9.47 Å². The van der Waals surface area contributed by atoms with Gasteiger partial charge in [0.1, 0.15) is 11.6 Å². The first kappa shape index (κ1) is 24.5. The molecule has 5 nitrogen and oxygen atoms in total. The first-order valence-electron chi connectivity index (χ1n) is 10.9. The second kappa shape index (κ2) is 10.2. The van der Waals surface area contributed by atoms with Gasteiger partial charge in [0.2, 0.25) is 5.78 Å². The highest BCUT2D eigenvalue weighted by atomic mass is 16.6. The molecule has 172 valence electrons. The smallest absolute Gasteiger partial charge is 0.343 e. The third kappa shape index (κ3) is 5.79. The molecule has 5 heteroatoms. The number of nitriles is 1. The summed E-state index contributed by atoms with van der Waals surface area (Å²) in [6.07, 6.45) is 1.49. The Morgan fingerprint density at radius 2 is 1.50 bits per heavy atom. The molecule has 0 aliphatic carbocycles. The van der Waals surface area contributed by atoms with Gasteiger partial charge in [-0.1, -0.05) is 68.8 Å². The Kier molecular flexibility index (Phi) is 7.33. The van der Waals surface area contributed by atoms with Crippen molar-refractivity contribution in [3.8, 4) is 17.6 Å². The van der Waals surface area contributed by atoms with Crippen LogP contribution >= 0.6 is 0 Å². The highest BCUT2D eigenvalue weighted by Gasteiger charge is 2.17. The number of nitrogens with zero attached hydrogens (tertiary/aromatic N) is 1. The summed E-state index contributed by atoms with van der Waals surface area (Å²) in [6.45, 7) is 8.24. The zero-order valence-electron chi connectivity index (χ0n) is 20.0. The molecule has 0 saturated carbocycles. The standard InChI is InChI=1S/C29H27NO4/c1-19-6-9-21(10-7-19)27(31)23(18-30)16-20-8-15-25(26(17-20)33-5)34-28(32)22-11-13-24(14-12-22)29(2,3)4/h6-17H,1-5H3. The summed E-state index contributed by atoms with van der Waals surface area (Å²) >= 11 is 0. The number of esters is 1. The van der Waals surface area contributed by atoms with Crippen LogP contribution in [0, 0.1) is 18.3 Å². The van der Waals surface area contributed by atoms with E-state index in [-0.39, 0.29) is 22.5 Å². The number of hydrogen-bond donors (Lipinski definition) is 0. The van der Waals surface area contributed by atoms with E-state index in [9.17, 15) is 14.9 Å². The molecular formula is C29H27NO4. The third-order valence-corrected chi connectivity index (χ3v) is 5.37. The van der Waals surface area contributed by atoms with Crippen LogP contribution in [0.25, 0.3) is 6.08 Å². The topological polar surface area (TPSA) is 76.4 Å². The van der Waals surface area contributed by atoms with Gasteiger partial charge in [0, 0.05) is 5.56 Å². The maximum Gasteiger partial charge on any atom is 0.343 e. The lowest BCUT2D eigenvalue weighted by Gasteiger charge is -2.19. The molecule has 0 fully saturated rings. The van der Waals surface area contributed by atoms with Crippen LogP contribution in [0.15, 0.2) is 72.3 Å². The Hall–Kier alpha value is -4.17. The molecule has 0 aliphatic rings. The molecule has 34 heavy (non-hydrogen) atoms. The van der Waals surface area contributed by atoms with Crippen LogP contribution in [0.3, 0.4) is 0 Å². The molecule has 0 unspecified atom stereocenters. The van der Waals surface area contributed by atoms with Gasteiger partial charge in [-0.05, 0) is 53.8 Å². The van der Waals surface area contributed by atoms with E-state index in [0.29, 0.717) is 22.4 Å². The largest absolute Gasteiger partial charge is 0.493 e. The molecule has 0 aromatic heterocycles. The van der Waals surface area contributed by atoms with Crippen molar-refractivity contribution < 1.29 is 19.1 Å². The normalized spacial score (nSPS) is 11.5. The zero-order chi connectivity index (χ0) is 24.9. The van der Waals surface area contributed by atoms with Crippen molar-refractivity contribution in [2.24, 2.45) is 0 Å². The number of benzene rings is 3. The van der Waals surface area contributed by atoms with E-state index in [1.54, 1.807) is 42.5 Å². The second-order valence-electron chi connectivity index (χ2n) is 8.99. The van der Waals surface area contributed by atoms with Crippen molar-refractivity contribution in [1.82, 2.24) is 0 Å². The van der Waals surface area contributed by atoms with Crippen LogP contribution in [-0.4, -0.2) is 18.9 Å². The van der Waals surface area contributed by atoms with E-state index in [1.807, 2.05) is 37.3 Å². The molecule has 0 atom stereocenters. The lowest BCUT2D eigenvalue weighted by molar-refractivity contribution is 0.0729. The van der Waals surface area contributed by atoms with Gasteiger partial charge in [0.15, 0.2) is 11.5 Å². The van der Waals surface area contributed by atoms with Crippen LogP contribution in [0.2, 0.25) is 0 Å². The molecule has 0 amide bonds. The molecule has 0 spiro atoms. The maximum absolute atomic E-state index is 12.7. The van der Waals surface area contributed by atoms with Gasteiger partial charge in [0.25, 0.3) is 0 Å². The zero-order valence-corrected chi connectivity index (χ0v) is 20.0. The van der Waals surface area contributed by atoms with Crippen molar-refractivity contribution in [2.45, 2.75) is 33.1 Å². The Morgan fingerprint density at radius 3 is 2.06 bits per heavy atom. The molecule has 0 bridgehead atoms. The summed E-state index contributed by atoms with van der Waals surface area (Å²) in [5.74, 6) is -0.314. The molecule has 3 aromatic rings. The number of allylic oxidation sites excluding steroid dienone is 1. The van der Waals surface area contributed by atoms with E-state index in [2.05, 4.69) is 20.8 Å². The minimum Gasteiger partial charge on any atom is -0.493 e. The van der Waals surface area contributed by atoms with Crippen LogP contribution in [-0.2, 0) is 5.41 Å². The number of ketones is 1. The fourth-order valence-corrected chi connectivity index (χ4v) is 3.30. The van der Waals surface area contributed by atoms with E-state index in [0.717, 1.165) is 11.1 Å². The summed E-state index contributed by atoms with van der Waals surface area (Å²) in [5, 5.41) is 9.53. The maximum atomic E-state index is 12.7. The highest BCUT2D eigenvalue weighted by molar-refractivity contribution is 6.14. The summed E-state index contributed by atoms with van der Waals surface area (Å²) in [4.78, 5) is 25.4. The van der Waals surface area contributed by atoms with Crippen LogP contribution in [0.5, 0.6) is 11.5 Å². The minimum absolute atomic E-state index is 0.00501. The number of methoxy groups -OCH3 is 1. The van der Waals surface area contributed by atoms with Gasteiger partial charge < -0.3 is 9.47 Å². The molecule has 0 N–H and O–H groups in total. The van der Waals surface area contributed by atoms with Crippen molar-refractivity contribution in [3.63, 3.8) is 0 Å². The third-order valence-electron chi connectivity index (χ3n) is 5.37. The molecule has 0 heterocycles. The molecule has 3 aromatic carbocycles. The van der Waals surface area contributed by atoms with E-state index in [4.69, 9.17) is 9.47 Å². The predicted octanol–water partition coefficient (Wildman–Crippen LogP) is 6.31. The molecule has 0 saturated heterocycles. The number of Topliss-reactive ketones (excluding diaryl/α,β-unsaturated/α-hetero) is 1. The quantitative estimate of drug-likeness (QED) is 0.144.